The molecule has 0 aliphatic heterocycles. The highest BCUT2D eigenvalue weighted by Crippen LogP contribution is 2.28. The molecule has 6 nitrogen and oxygen atoms in total. The molecule has 0 atom stereocenters. The van der Waals surface area contributed by atoms with E-state index >= 15 is 0 Å². The summed E-state index contributed by atoms with van der Waals surface area (Å²) in [6.07, 6.45) is 0. The number of benzene rings is 2. The van der Waals surface area contributed by atoms with Gasteiger partial charge in [-0.2, -0.15) is 5.10 Å². The van der Waals surface area contributed by atoms with Crippen LogP contribution in [0.1, 0.15) is 5.69 Å². The van der Waals surface area contributed by atoms with Crippen LogP contribution in [0.15, 0.2) is 53.4 Å². The van der Waals surface area contributed by atoms with E-state index < -0.39 is 10.0 Å². The normalized spacial score (nSPS) is 11.4. The van der Waals surface area contributed by atoms with Crippen LogP contribution in [0, 0.1) is 6.92 Å². The lowest BCUT2D eigenvalue weighted by molar-refractivity contribution is 0.483. The van der Waals surface area contributed by atoms with Crippen molar-refractivity contribution in [3.63, 3.8) is 0 Å². The number of ether oxygens (including phenoxy) is 1. The Kier molecular flexibility index (Phi) is 5.13. The number of rotatable bonds is 5. The quantitative estimate of drug-likeness (QED) is 0.663. The highest BCUT2D eigenvalue weighted by molar-refractivity contribution is 7.92. The Labute approximate surface area is 161 Å². The third-order valence-electron chi connectivity index (χ3n) is 3.52. The van der Waals surface area contributed by atoms with Crippen LogP contribution in [-0.4, -0.2) is 18.2 Å². The smallest absolute Gasteiger partial charge is 0.266 e. The van der Waals surface area contributed by atoms with E-state index in [1.165, 1.54) is 4.68 Å². The number of aromatic nitrogens is 2. The van der Waals surface area contributed by atoms with Gasteiger partial charge in [-0.3, -0.25) is 9.40 Å². The first kappa shape index (κ1) is 18.6. The average Bonchev–Trinajstić information content (AvgIpc) is 2.84. The Morgan fingerprint density at radius 3 is 2.04 bits per heavy atom. The molecular weight excluding hydrogens is 397 g/mol. The first-order valence-corrected chi connectivity index (χ1v) is 9.75. The molecule has 0 fully saturated rings. The second-order valence-electron chi connectivity index (χ2n) is 5.51. The number of sulfonamides is 1. The van der Waals surface area contributed by atoms with E-state index in [-0.39, 0.29) is 10.0 Å². The summed E-state index contributed by atoms with van der Waals surface area (Å²) in [6, 6.07) is 13.4. The van der Waals surface area contributed by atoms with Crippen LogP contribution < -0.4 is 9.46 Å². The summed E-state index contributed by atoms with van der Waals surface area (Å²) in [5.41, 5.74) is 0.709. The van der Waals surface area contributed by atoms with Crippen molar-refractivity contribution in [3.8, 4) is 11.5 Å². The summed E-state index contributed by atoms with van der Waals surface area (Å²) < 4.78 is 34.6. The van der Waals surface area contributed by atoms with E-state index in [0.29, 0.717) is 27.9 Å². The summed E-state index contributed by atoms with van der Waals surface area (Å²) >= 11 is 11.9. The Balaban J connectivity index is 1.77. The SMILES string of the molecule is Cc1nn(C)c(Cl)c1S(=O)(=O)Nc1ccc(Oc2ccc(Cl)cc2)cc1. The molecule has 1 aromatic heterocycles. The minimum absolute atomic E-state index is 0.0387. The van der Waals surface area contributed by atoms with Gasteiger partial charge in [0.1, 0.15) is 21.5 Å². The molecule has 0 bridgehead atoms. The van der Waals surface area contributed by atoms with Crippen LogP contribution in [0.4, 0.5) is 5.69 Å². The summed E-state index contributed by atoms with van der Waals surface area (Å²) in [6.45, 7) is 1.59. The molecule has 0 spiro atoms. The molecule has 3 aromatic rings. The highest BCUT2D eigenvalue weighted by atomic mass is 35.5. The van der Waals surface area contributed by atoms with Gasteiger partial charge in [0.15, 0.2) is 0 Å². The molecule has 0 aliphatic carbocycles. The molecular formula is C17H15Cl2N3O3S. The van der Waals surface area contributed by atoms with Crippen LogP contribution in [0.25, 0.3) is 0 Å². The van der Waals surface area contributed by atoms with Crippen molar-refractivity contribution in [1.82, 2.24) is 9.78 Å². The van der Waals surface area contributed by atoms with Crippen molar-refractivity contribution < 1.29 is 13.2 Å². The fraction of sp³-hybridized carbons (Fsp3) is 0.118. The van der Waals surface area contributed by atoms with Gasteiger partial charge in [0.05, 0.1) is 5.69 Å². The van der Waals surface area contributed by atoms with Crippen molar-refractivity contribution in [2.75, 3.05) is 4.72 Å². The fourth-order valence-corrected chi connectivity index (χ4v) is 4.29. The van der Waals surface area contributed by atoms with Gasteiger partial charge >= 0.3 is 0 Å². The highest BCUT2D eigenvalue weighted by Gasteiger charge is 2.25. The zero-order valence-electron chi connectivity index (χ0n) is 13.9. The van der Waals surface area contributed by atoms with Gasteiger partial charge in [-0.15, -0.1) is 0 Å². The second kappa shape index (κ2) is 7.19. The Hall–Kier alpha value is -2.22. The number of nitrogens with zero attached hydrogens (tertiary/aromatic N) is 2. The number of nitrogens with one attached hydrogen (secondary N) is 1. The van der Waals surface area contributed by atoms with E-state index in [2.05, 4.69) is 9.82 Å². The van der Waals surface area contributed by atoms with E-state index in [4.69, 9.17) is 27.9 Å². The third-order valence-corrected chi connectivity index (χ3v) is 5.85. The van der Waals surface area contributed by atoms with Crippen LogP contribution in [0.3, 0.4) is 0 Å². The lowest BCUT2D eigenvalue weighted by Gasteiger charge is -2.10. The summed E-state index contributed by atoms with van der Waals surface area (Å²) in [5, 5.41) is 4.69. The average molecular weight is 412 g/mol. The molecule has 9 heteroatoms. The predicted molar refractivity (Wildman–Crippen MR) is 102 cm³/mol. The second-order valence-corrected chi connectivity index (χ2v) is 7.93. The summed E-state index contributed by atoms with van der Waals surface area (Å²) in [7, 11) is -2.27. The van der Waals surface area contributed by atoms with Crippen molar-refractivity contribution in [3.05, 3.63) is 64.4 Å². The lowest BCUT2D eigenvalue weighted by Crippen LogP contribution is -2.14. The van der Waals surface area contributed by atoms with Crippen LogP contribution >= 0.6 is 23.2 Å². The zero-order valence-corrected chi connectivity index (χ0v) is 16.2. The van der Waals surface area contributed by atoms with Gasteiger partial charge in [0.25, 0.3) is 10.0 Å². The fourth-order valence-electron chi connectivity index (χ4n) is 2.35. The van der Waals surface area contributed by atoms with E-state index in [1.807, 2.05) is 0 Å². The first-order chi connectivity index (χ1) is 12.3. The maximum Gasteiger partial charge on any atom is 0.266 e. The molecule has 1 heterocycles. The molecule has 136 valence electrons. The summed E-state index contributed by atoms with van der Waals surface area (Å²) in [5.74, 6) is 1.19. The molecule has 3 rings (SSSR count). The monoisotopic (exact) mass is 411 g/mol. The van der Waals surface area contributed by atoms with Gasteiger partial charge in [-0.25, -0.2) is 8.42 Å². The molecule has 0 amide bonds. The van der Waals surface area contributed by atoms with Gasteiger partial charge in [-0.1, -0.05) is 23.2 Å². The molecule has 26 heavy (non-hydrogen) atoms. The number of halogens is 2. The molecule has 0 unspecified atom stereocenters. The maximum atomic E-state index is 12.6. The predicted octanol–water partition coefficient (Wildman–Crippen LogP) is 4.63. The van der Waals surface area contributed by atoms with Crippen LogP contribution in [0.2, 0.25) is 10.2 Å². The largest absolute Gasteiger partial charge is 0.457 e. The molecule has 0 radical (unpaired) electrons. The first-order valence-electron chi connectivity index (χ1n) is 7.51. The van der Waals surface area contributed by atoms with Gasteiger partial charge in [0.2, 0.25) is 0 Å². The topological polar surface area (TPSA) is 73.2 Å². The molecule has 0 saturated carbocycles. The summed E-state index contributed by atoms with van der Waals surface area (Å²) in [4.78, 5) is -0.0387. The Morgan fingerprint density at radius 2 is 1.54 bits per heavy atom. The molecule has 0 saturated heterocycles. The van der Waals surface area contributed by atoms with Crippen LogP contribution in [-0.2, 0) is 17.1 Å². The maximum absolute atomic E-state index is 12.6. The van der Waals surface area contributed by atoms with Crippen molar-refractivity contribution in [1.29, 1.82) is 0 Å². The Bertz CT molecular complexity index is 1030. The van der Waals surface area contributed by atoms with E-state index in [9.17, 15) is 8.42 Å². The van der Waals surface area contributed by atoms with Crippen molar-refractivity contribution in [2.24, 2.45) is 7.05 Å². The van der Waals surface area contributed by atoms with Gasteiger partial charge < -0.3 is 4.74 Å². The molecule has 1 N–H and O–H groups in total. The lowest BCUT2D eigenvalue weighted by atomic mass is 10.3. The van der Waals surface area contributed by atoms with Crippen molar-refractivity contribution in [2.45, 2.75) is 11.8 Å². The minimum Gasteiger partial charge on any atom is -0.457 e. The van der Waals surface area contributed by atoms with Gasteiger partial charge in [-0.05, 0) is 55.5 Å². The number of hydrogen-bond acceptors (Lipinski definition) is 4. The number of anilines is 1. The number of hydrogen-bond donors (Lipinski definition) is 1. The molecule has 2 aromatic carbocycles. The Morgan fingerprint density at radius 1 is 1.00 bits per heavy atom. The third kappa shape index (κ3) is 3.95. The van der Waals surface area contributed by atoms with Crippen molar-refractivity contribution >= 4 is 38.9 Å². The van der Waals surface area contributed by atoms with Crippen LogP contribution in [0.5, 0.6) is 11.5 Å². The minimum atomic E-state index is -3.85. The van der Waals surface area contributed by atoms with E-state index in [0.717, 1.165) is 0 Å². The van der Waals surface area contributed by atoms with Gasteiger partial charge in [0, 0.05) is 17.8 Å². The van der Waals surface area contributed by atoms with E-state index in [1.54, 1.807) is 62.5 Å². The standard InChI is InChI=1S/C17H15Cl2N3O3S/c1-11-16(17(19)22(2)20-11)26(23,24)21-13-5-9-15(10-6-13)25-14-7-3-12(18)4-8-14/h3-10,21H,1-2H3. The number of aryl methyl sites for hydroxylation is 2. The zero-order chi connectivity index (χ0) is 18.9. The molecule has 0 aliphatic rings.